The Bertz CT molecular complexity index is 416. The van der Waals surface area contributed by atoms with Crippen molar-refractivity contribution in [3.8, 4) is 0 Å². The first-order chi connectivity index (χ1) is 8.13. The standard InChI is InChI=1S/C13H19N3O/c1-4-5-6-7-13(17)15-12-8-9-14-16(12)10-11(2)3/h4-9,11H,10H2,1-3H3,(H,15,17)/b5-4+,7-6+. The van der Waals surface area contributed by atoms with Gasteiger partial charge in [-0.25, -0.2) is 4.68 Å². The first kappa shape index (κ1) is 13.2. The molecule has 0 unspecified atom stereocenters. The minimum absolute atomic E-state index is 0.145. The van der Waals surface area contributed by atoms with Crippen molar-refractivity contribution in [3.05, 3.63) is 36.6 Å². The molecule has 0 aliphatic heterocycles. The number of allylic oxidation sites excluding steroid dienone is 3. The number of anilines is 1. The van der Waals surface area contributed by atoms with Crippen molar-refractivity contribution < 1.29 is 4.79 Å². The fourth-order valence-electron chi connectivity index (χ4n) is 1.35. The summed E-state index contributed by atoms with van der Waals surface area (Å²) < 4.78 is 1.80. The largest absolute Gasteiger partial charge is 0.307 e. The summed E-state index contributed by atoms with van der Waals surface area (Å²) in [5.41, 5.74) is 0. The maximum atomic E-state index is 11.6. The van der Waals surface area contributed by atoms with Gasteiger partial charge in [0.15, 0.2) is 0 Å². The van der Waals surface area contributed by atoms with E-state index in [1.807, 2.05) is 19.1 Å². The molecular formula is C13H19N3O. The molecule has 0 saturated carbocycles. The molecule has 17 heavy (non-hydrogen) atoms. The van der Waals surface area contributed by atoms with Crippen LogP contribution in [0.5, 0.6) is 0 Å². The van der Waals surface area contributed by atoms with Crippen molar-refractivity contribution in [2.45, 2.75) is 27.3 Å². The van der Waals surface area contributed by atoms with E-state index in [9.17, 15) is 4.79 Å². The summed E-state index contributed by atoms with van der Waals surface area (Å²) in [6.45, 7) is 6.92. The van der Waals surface area contributed by atoms with Crippen molar-refractivity contribution in [1.29, 1.82) is 0 Å². The molecule has 92 valence electrons. The molecule has 0 bridgehead atoms. The number of nitrogens with zero attached hydrogens (tertiary/aromatic N) is 2. The smallest absolute Gasteiger partial charge is 0.249 e. The van der Waals surface area contributed by atoms with E-state index in [1.54, 1.807) is 23.0 Å². The highest BCUT2D eigenvalue weighted by Crippen LogP contribution is 2.09. The zero-order valence-corrected chi connectivity index (χ0v) is 10.6. The summed E-state index contributed by atoms with van der Waals surface area (Å²) in [6, 6.07) is 1.80. The predicted octanol–water partition coefficient (Wildman–Crippen LogP) is 2.61. The van der Waals surface area contributed by atoms with Crippen LogP contribution in [0.3, 0.4) is 0 Å². The van der Waals surface area contributed by atoms with E-state index >= 15 is 0 Å². The molecule has 1 aromatic rings. The third-order valence-corrected chi connectivity index (χ3v) is 2.06. The van der Waals surface area contributed by atoms with Gasteiger partial charge in [0.2, 0.25) is 5.91 Å². The topological polar surface area (TPSA) is 46.9 Å². The summed E-state index contributed by atoms with van der Waals surface area (Å²) >= 11 is 0. The third kappa shape index (κ3) is 4.68. The molecule has 1 N–H and O–H groups in total. The Morgan fingerprint density at radius 2 is 2.29 bits per heavy atom. The summed E-state index contributed by atoms with van der Waals surface area (Å²) in [7, 11) is 0. The number of hydrogen-bond acceptors (Lipinski definition) is 2. The van der Waals surface area contributed by atoms with Gasteiger partial charge in [-0.2, -0.15) is 5.10 Å². The molecule has 0 saturated heterocycles. The fourth-order valence-corrected chi connectivity index (χ4v) is 1.35. The lowest BCUT2D eigenvalue weighted by Crippen LogP contribution is -2.15. The normalized spacial score (nSPS) is 11.8. The monoisotopic (exact) mass is 233 g/mol. The number of carbonyl (C=O) groups excluding carboxylic acids is 1. The predicted molar refractivity (Wildman–Crippen MR) is 69.6 cm³/mol. The number of carbonyl (C=O) groups is 1. The summed E-state index contributed by atoms with van der Waals surface area (Å²) in [6.07, 6.45) is 8.57. The molecule has 1 rings (SSSR count). The summed E-state index contributed by atoms with van der Waals surface area (Å²) in [5, 5.41) is 6.97. The molecule has 0 aliphatic rings. The van der Waals surface area contributed by atoms with Gasteiger partial charge in [-0.1, -0.05) is 32.1 Å². The maximum Gasteiger partial charge on any atom is 0.249 e. The number of nitrogens with one attached hydrogen (secondary N) is 1. The molecule has 1 amide bonds. The van der Waals surface area contributed by atoms with E-state index in [1.165, 1.54) is 6.08 Å². The lowest BCUT2D eigenvalue weighted by molar-refractivity contribution is -0.111. The van der Waals surface area contributed by atoms with Gasteiger partial charge in [-0.05, 0) is 12.8 Å². The molecule has 0 aliphatic carbocycles. The molecule has 0 aromatic carbocycles. The lowest BCUT2D eigenvalue weighted by atomic mass is 10.2. The first-order valence-electron chi connectivity index (χ1n) is 5.75. The van der Waals surface area contributed by atoms with Gasteiger partial charge >= 0.3 is 0 Å². The van der Waals surface area contributed by atoms with Crippen molar-refractivity contribution in [2.75, 3.05) is 5.32 Å². The van der Waals surface area contributed by atoms with Gasteiger partial charge in [-0.3, -0.25) is 4.79 Å². The fraction of sp³-hybridized carbons (Fsp3) is 0.385. The van der Waals surface area contributed by atoms with E-state index in [4.69, 9.17) is 0 Å². The van der Waals surface area contributed by atoms with Gasteiger partial charge in [0.25, 0.3) is 0 Å². The van der Waals surface area contributed by atoms with Gasteiger partial charge in [-0.15, -0.1) is 0 Å². The van der Waals surface area contributed by atoms with Crippen LogP contribution >= 0.6 is 0 Å². The second-order valence-electron chi connectivity index (χ2n) is 4.17. The van der Waals surface area contributed by atoms with Crippen molar-refractivity contribution >= 4 is 11.7 Å². The van der Waals surface area contributed by atoms with Gasteiger partial charge in [0, 0.05) is 18.7 Å². The molecule has 4 nitrogen and oxygen atoms in total. The Hall–Kier alpha value is -1.84. The van der Waals surface area contributed by atoms with Crippen LogP contribution < -0.4 is 5.32 Å². The Labute approximate surface area is 102 Å². The summed E-state index contributed by atoms with van der Waals surface area (Å²) in [5.74, 6) is 1.08. The van der Waals surface area contributed by atoms with Crippen LogP contribution in [0.4, 0.5) is 5.82 Å². The molecule has 0 fully saturated rings. The minimum atomic E-state index is -0.145. The minimum Gasteiger partial charge on any atom is -0.307 e. The van der Waals surface area contributed by atoms with E-state index in [2.05, 4.69) is 24.3 Å². The van der Waals surface area contributed by atoms with E-state index < -0.39 is 0 Å². The Kier molecular flexibility index (Phi) is 5.20. The zero-order valence-electron chi connectivity index (χ0n) is 10.6. The van der Waals surface area contributed by atoms with Crippen LogP contribution in [0, 0.1) is 5.92 Å². The van der Waals surface area contributed by atoms with Crippen LogP contribution in [0.15, 0.2) is 36.6 Å². The van der Waals surface area contributed by atoms with Gasteiger partial charge < -0.3 is 5.32 Å². The Morgan fingerprint density at radius 3 is 2.94 bits per heavy atom. The SMILES string of the molecule is C/C=C/C=C/C(=O)Nc1ccnn1CC(C)C. The van der Waals surface area contributed by atoms with Crippen LogP contribution in [-0.4, -0.2) is 15.7 Å². The number of rotatable bonds is 5. The molecule has 1 aromatic heterocycles. The highest BCUT2D eigenvalue weighted by molar-refractivity contribution is 5.98. The Morgan fingerprint density at radius 1 is 1.53 bits per heavy atom. The molecular weight excluding hydrogens is 214 g/mol. The average Bonchev–Trinajstić information content (AvgIpc) is 2.65. The van der Waals surface area contributed by atoms with E-state index in [0.29, 0.717) is 5.92 Å². The van der Waals surface area contributed by atoms with Gasteiger partial charge in [0.1, 0.15) is 5.82 Å². The third-order valence-electron chi connectivity index (χ3n) is 2.06. The van der Waals surface area contributed by atoms with E-state index in [0.717, 1.165) is 12.4 Å². The number of aromatic nitrogens is 2. The van der Waals surface area contributed by atoms with Crippen molar-refractivity contribution in [3.63, 3.8) is 0 Å². The molecule has 0 spiro atoms. The zero-order chi connectivity index (χ0) is 12.7. The average molecular weight is 233 g/mol. The second-order valence-corrected chi connectivity index (χ2v) is 4.17. The number of hydrogen-bond donors (Lipinski definition) is 1. The lowest BCUT2D eigenvalue weighted by Gasteiger charge is -2.09. The van der Waals surface area contributed by atoms with Crippen LogP contribution in [0.25, 0.3) is 0 Å². The quantitative estimate of drug-likeness (QED) is 0.627. The van der Waals surface area contributed by atoms with Crippen LogP contribution in [0.1, 0.15) is 20.8 Å². The highest BCUT2D eigenvalue weighted by atomic mass is 16.1. The highest BCUT2D eigenvalue weighted by Gasteiger charge is 2.05. The van der Waals surface area contributed by atoms with Crippen LogP contribution in [0.2, 0.25) is 0 Å². The molecule has 1 heterocycles. The van der Waals surface area contributed by atoms with E-state index in [-0.39, 0.29) is 5.91 Å². The molecule has 0 radical (unpaired) electrons. The summed E-state index contributed by atoms with van der Waals surface area (Å²) in [4.78, 5) is 11.6. The van der Waals surface area contributed by atoms with Crippen molar-refractivity contribution in [2.24, 2.45) is 5.92 Å². The van der Waals surface area contributed by atoms with Crippen molar-refractivity contribution in [1.82, 2.24) is 9.78 Å². The van der Waals surface area contributed by atoms with Crippen LogP contribution in [-0.2, 0) is 11.3 Å². The molecule has 0 atom stereocenters. The second kappa shape index (κ2) is 6.68. The first-order valence-corrected chi connectivity index (χ1v) is 5.75. The molecule has 4 heteroatoms. The Balaban J connectivity index is 2.62. The maximum absolute atomic E-state index is 11.6. The van der Waals surface area contributed by atoms with Gasteiger partial charge in [0.05, 0.1) is 6.20 Å². The number of amides is 1.